The third kappa shape index (κ3) is 1.65. The van der Waals surface area contributed by atoms with E-state index in [9.17, 15) is 4.79 Å². The fourth-order valence-corrected chi connectivity index (χ4v) is 2.02. The molecule has 1 aromatic rings. The third-order valence-corrected chi connectivity index (χ3v) is 2.72. The fraction of sp³-hybridized carbons (Fsp3) is 0.417. The molecule has 0 amide bonds. The van der Waals surface area contributed by atoms with Gasteiger partial charge in [-0.2, -0.15) is 0 Å². The number of hydrogen-bond acceptors (Lipinski definition) is 2. The maximum Gasteiger partial charge on any atom is 0.134 e. The molecule has 0 fully saturated rings. The summed E-state index contributed by atoms with van der Waals surface area (Å²) in [5.41, 5.74) is 3.84. The lowest BCUT2D eigenvalue weighted by Gasteiger charge is -2.11. The van der Waals surface area contributed by atoms with Gasteiger partial charge in [0.1, 0.15) is 5.78 Å². The standard InChI is InChI=1S/C12H15NO/c1-9(14)7-10-3-4-12-11(8-10)5-6-13(12)2/h3-4,8H,5-7H2,1-2H3. The van der Waals surface area contributed by atoms with Gasteiger partial charge in [-0.3, -0.25) is 4.79 Å². The molecule has 0 aliphatic carbocycles. The second-order valence-electron chi connectivity index (χ2n) is 4.01. The van der Waals surface area contributed by atoms with Crippen LogP contribution < -0.4 is 4.90 Å². The summed E-state index contributed by atoms with van der Waals surface area (Å²) in [6.07, 6.45) is 1.68. The van der Waals surface area contributed by atoms with Gasteiger partial charge < -0.3 is 4.90 Å². The molecule has 2 nitrogen and oxygen atoms in total. The van der Waals surface area contributed by atoms with E-state index in [1.54, 1.807) is 6.92 Å². The molecule has 0 bridgehead atoms. The maximum atomic E-state index is 11.0. The minimum Gasteiger partial charge on any atom is -0.374 e. The van der Waals surface area contributed by atoms with Crippen molar-refractivity contribution in [3.63, 3.8) is 0 Å². The van der Waals surface area contributed by atoms with E-state index in [4.69, 9.17) is 0 Å². The van der Waals surface area contributed by atoms with E-state index in [0.29, 0.717) is 6.42 Å². The molecule has 1 heterocycles. The van der Waals surface area contributed by atoms with E-state index in [0.717, 1.165) is 18.5 Å². The number of carbonyl (C=O) groups excluding carboxylic acids is 1. The maximum absolute atomic E-state index is 11.0. The number of likely N-dealkylation sites (N-methyl/N-ethyl adjacent to an activating group) is 1. The van der Waals surface area contributed by atoms with Crippen molar-refractivity contribution in [3.8, 4) is 0 Å². The normalized spacial score (nSPS) is 14.3. The summed E-state index contributed by atoms with van der Waals surface area (Å²) in [6, 6.07) is 6.35. The highest BCUT2D eigenvalue weighted by Crippen LogP contribution is 2.27. The number of Topliss-reactive ketones (excluding diaryl/α,β-unsaturated/α-hetero) is 1. The highest BCUT2D eigenvalue weighted by Gasteiger charge is 2.15. The highest BCUT2D eigenvalue weighted by atomic mass is 16.1. The molecule has 1 aromatic carbocycles. The number of hydrogen-bond donors (Lipinski definition) is 0. The summed E-state index contributed by atoms with van der Waals surface area (Å²) in [5, 5.41) is 0. The lowest BCUT2D eigenvalue weighted by atomic mass is 10.0. The zero-order chi connectivity index (χ0) is 10.1. The second kappa shape index (κ2) is 3.45. The SMILES string of the molecule is CC(=O)Cc1ccc2c(c1)CCN2C. The summed E-state index contributed by atoms with van der Waals surface area (Å²) in [6.45, 7) is 2.73. The molecule has 0 atom stereocenters. The molecular formula is C12H15NO. The van der Waals surface area contributed by atoms with Crippen molar-refractivity contribution in [2.45, 2.75) is 19.8 Å². The van der Waals surface area contributed by atoms with Crippen molar-refractivity contribution in [3.05, 3.63) is 29.3 Å². The van der Waals surface area contributed by atoms with E-state index < -0.39 is 0 Å². The predicted octanol–water partition coefficient (Wildman–Crippen LogP) is 1.81. The number of carbonyl (C=O) groups is 1. The number of anilines is 1. The Balaban J connectivity index is 2.28. The number of rotatable bonds is 2. The number of nitrogens with zero attached hydrogens (tertiary/aromatic N) is 1. The Hall–Kier alpha value is -1.31. The summed E-state index contributed by atoms with van der Waals surface area (Å²) >= 11 is 0. The Labute approximate surface area is 84.5 Å². The zero-order valence-corrected chi connectivity index (χ0v) is 8.71. The van der Waals surface area contributed by atoms with Crippen LogP contribution in [0.3, 0.4) is 0 Å². The van der Waals surface area contributed by atoms with Gasteiger partial charge in [0.05, 0.1) is 0 Å². The van der Waals surface area contributed by atoms with Gasteiger partial charge in [0, 0.05) is 25.7 Å². The molecule has 74 valence electrons. The lowest BCUT2D eigenvalue weighted by molar-refractivity contribution is -0.116. The molecule has 2 heteroatoms. The molecule has 0 saturated heterocycles. The van der Waals surface area contributed by atoms with Crippen LogP contribution in [0.2, 0.25) is 0 Å². The number of benzene rings is 1. The van der Waals surface area contributed by atoms with E-state index in [-0.39, 0.29) is 5.78 Å². The first kappa shape index (κ1) is 9.25. The summed E-state index contributed by atoms with van der Waals surface area (Å²) in [5.74, 6) is 0.233. The van der Waals surface area contributed by atoms with Crippen LogP contribution in [0.25, 0.3) is 0 Å². The van der Waals surface area contributed by atoms with Crippen LogP contribution in [0, 0.1) is 0 Å². The first-order valence-corrected chi connectivity index (χ1v) is 4.99. The molecular weight excluding hydrogens is 174 g/mol. The molecule has 0 saturated carbocycles. The van der Waals surface area contributed by atoms with E-state index >= 15 is 0 Å². The van der Waals surface area contributed by atoms with Crippen LogP contribution in [0.4, 0.5) is 5.69 Å². The van der Waals surface area contributed by atoms with Crippen molar-refractivity contribution < 1.29 is 4.79 Å². The quantitative estimate of drug-likeness (QED) is 0.707. The molecule has 14 heavy (non-hydrogen) atoms. The zero-order valence-electron chi connectivity index (χ0n) is 8.71. The molecule has 1 aliphatic rings. The topological polar surface area (TPSA) is 20.3 Å². The third-order valence-electron chi connectivity index (χ3n) is 2.72. The van der Waals surface area contributed by atoms with Gasteiger partial charge in [-0.1, -0.05) is 12.1 Å². The average Bonchev–Trinajstić information content (AvgIpc) is 2.46. The Bertz CT molecular complexity index is 371. The van der Waals surface area contributed by atoms with Crippen molar-refractivity contribution >= 4 is 11.5 Å². The molecule has 0 radical (unpaired) electrons. The fourth-order valence-electron chi connectivity index (χ4n) is 2.02. The van der Waals surface area contributed by atoms with Gasteiger partial charge in [0.2, 0.25) is 0 Å². The van der Waals surface area contributed by atoms with Crippen LogP contribution in [0.1, 0.15) is 18.1 Å². The van der Waals surface area contributed by atoms with Gasteiger partial charge in [0.25, 0.3) is 0 Å². The molecule has 0 unspecified atom stereocenters. The smallest absolute Gasteiger partial charge is 0.134 e. The monoisotopic (exact) mass is 189 g/mol. The lowest BCUT2D eigenvalue weighted by Crippen LogP contribution is -2.12. The van der Waals surface area contributed by atoms with Gasteiger partial charge in [-0.15, -0.1) is 0 Å². The molecule has 0 aromatic heterocycles. The second-order valence-corrected chi connectivity index (χ2v) is 4.01. The Morgan fingerprint density at radius 1 is 1.50 bits per heavy atom. The van der Waals surface area contributed by atoms with Crippen LogP contribution in [-0.2, 0) is 17.6 Å². The molecule has 0 N–H and O–H groups in total. The number of fused-ring (bicyclic) bond motifs is 1. The van der Waals surface area contributed by atoms with Gasteiger partial charge in [0.15, 0.2) is 0 Å². The molecule has 2 rings (SSSR count). The summed E-state index contributed by atoms with van der Waals surface area (Å²) < 4.78 is 0. The summed E-state index contributed by atoms with van der Waals surface area (Å²) in [4.78, 5) is 13.2. The largest absolute Gasteiger partial charge is 0.374 e. The van der Waals surface area contributed by atoms with Crippen LogP contribution >= 0.6 is 0 Å². The van der Waals surface area contributed by atoms with Crippen molar-refractivity contribution in [1.29, 1.82) is 0 Å². The van der Waals surface area contributed by atoms with E-state index in [2.05, 4.69) is 30.1 Å². The average molecular weight is 189 g/mol. The molecule has 1 aliphatic heterocycles. The van der Waals surface area contributed by atoms with Crippen LogP contribution in [0.5, 0.6) is 0 Å². The van der Waals surface area contributed by atoms with Crippen molar-refractivity contribution in [2.24, 2.45) is 0 Å². The van der Waals surface area contributed by atoms with Crippen LogP contribution in [-0.4, -0.2) is 19.4 Å². The number of ketones is 1. The van der Waals surface area contributed by atoms with Crippen molar-refractivity contribution in [2.75, 3.05) is 18.5 Å². The van der Waals surface area contributed by atoms with Gasteiger partial charge >= 0.3 is 0 Å². The summed E-state index contributed by atoms with van der Waals surface area (Å²) in [7, 11) is 2.11. The van der Waals surface area contributed by atoms with Gasteiger partial charge in [-0.25, -0.2) is 0 Å². The van der Waals surface area contributed by atoms with Gasteiger partial charge in [-0.05, 0) is 30.5 Å². The molecule has 0 spiro atoms. The first-order chi connectivity index (χ1) is 6.66. The Morgan fingerprint density at radius 2 is 2.29 bits per heavy atom. The van der Waals surface area contributed by atoms with E-state index in [1.165, 1.54) is 11.3 Å². The van der Waals surface area contributed by atoms with Crippen LogP contribution in [0.15, 0.2) is 18.2 Å². The minimum absolute atomic E-state index is 0.233. The first-order valence-electron chi connectivity index (χ1n) is 4.99. The minimum atomic E-state index is 0.233. The van der Waals surface area contributed by atoms with Crippen molar-refractivity contribution in [1.82, 2.24) is 0 Å². The van der Waals surface area contributed by atoms with E-state index in [1.807, 2.05) is 0 Å². The highest BCUT2D eigenvalue weighted by molar-refractivity contribution is 5.78. The Morgan fingerprint density at radius 3 is 3.00 bits per heavy atom. The predicted molar refractivity (Wildman–Crippen MR) is 57.8 cm³/mol. The Kier molecular flexibility index (Phi) is 2.28.